The van der Waals surface area contributed by atoms with E-state index in [9.17, 15) is 0 Å². The third-order valence-electron chi connectivity index (χ3n) is 5.59. The number of aromatic nitrogens is 2. The van der Waals surface area contributed by atoms with Gasteiger partial charge in [0, 0.05) is 30.4 Å². The lowest BCUT2D eigenvalue weighted by Gasteiger charge is -2.24. The van der Waals surface area contributed by atoms with Gasteiger partial charge in [0.05, 0.1) is 17.9 Å². The molecule has 0 saturated carbocycles. The summed E-state index contributed by atoms with van der Waals surface area (Å²) >= 11 is 0. The van der Waals surface area contributed by atoms with Crippen molar-refractivity contribution in [2.45, 2.75) is 53.1 Å². The SMILES string of the molecule is CCNC(=NCc1c(C)nn(-c2ccccc2)c1C)NCC1CCCN1CC. The number of likely N-dealkylation sites (N-methyl/N-ethyl adjacent to an activating group) is 1. The van der Waals surface area contributed by atoms with E-state index in [1.54, 1.807) is 0 Å². The fourth-order valence-corrected chi connectivity index (χ4v) is 3.98. The van der Waals surface area contributed by atoms with Crippen LogP contribution in [0.5, 0.6) is 0 Å². The Hall–Kier alpha value is -2.34. The van der Waals surface area contributed by atoms with Crippen LogP contribution in [0.3, 0.4) is 0 Å². The molecule has 152 valence electrons. The van der Waals surface area contributed by atoms with E-state index in [0.717, 1.165) is 42.7 Å². The van der Waals surface area contributed by atoms with Crippen LogP contribution in [0.2, 0.25) is 0 Å². The Kier molecular flexibility index (Phi) is 7.09. The lowest BCUT2D eigenvalue weighted by Crippen LogP contribution is -2.44. The fourth-order valence-electron chi connectivity index (χ4n) is 3.98. The largest absolute Gasteiger partial charge is 0.357 e. The van der Waals surface area contributed by atoms with Crippen molar-refractivity contribution < 1.29 is 0 Å². The van der Waals surface area contributed by atoms with Gasteiger partial charge in [-0.1, -0.05) is 25.1 Å². The number of benzene rings is 1. The number of nitrogens with zero attached hydrogens (tertiary/aromatic N) is 4. The monoisotopic (exact) mass is 382 g/mol. The van der Waals surface area contributed by atoms with Gasteiger partial charge in [-0.15, -0.1) is 0 Å². The topological polar surface area (TPSA) is 57.5 Å². The van der Waals surface area contributed by atoms with Crippen LogP contribution < -0.4 is 10.6 Å². The molecule has 2 aromatic rings. The number of aryl methyl sites for hydroxylation is 1. The molecule has 1 aliphatic rings. The third-order valence-corrected chi connectivity index (χ3v) is 5.59. The summed E-state index contributed by atoms with van der Waals surface area (Å²) in [5.74, 6) is 0.886. The second kappa shape index (κ2) is 9.73. The number of para-hydroxylation sites is 1. The fraction of sp³-hybridized carbons (Fsp3) is 0.545. The number of hydrogen-bond acceptors (Lipinski definition) is 3. The molecule has 2 heterocycles. The average Bonchev–Trinajstić information content (AvgIpc) is 3.29. The molecule has 3 rings (SSSR count). The van der Waals surface area contributed by atoms with E-state index < -0.39 is 0 Å². The summed E-state index contributed by atoms with van der Waals surface area (Å²) in [5.41, 5.74) is 4.46. The smallest absolute Gasteiger partial charge is 0.191 e. The summed E-state index contributed by atoms with van der Waals surface area (Å²) in [5, 5.41) is 11.7. The minimum absolute atomic E-state index is 0.609. The summed E-state index contributed by atoms with van der Waals surface area (Å²) in [6.07, 6.45) is 2.56. The highest BCUT2D eigenvalue weighted by molar-refractivity contribution is 5.79. The van der Waals surface area contributed by atoms with Crippen LogP contribution in [-0.2, 0) is 6.54 Å². The van der Waals surface area contributed by atoms with E-state index in [1.807, 2.05) is 22.9 Å². The van der Waals surface area contributed by atoms with Crippen LogP contribution in [0.1, 0.15) is 43.6 Å². The molecule has 1 aromatic heterocycles. The molecular formula is C22H34N6. The summed E-state index contributed by atoms with van der Waals surface area (Å²) in [7, 11) is 0. The van der Waals surface area contributed by atoms with Crippen molar-refractivity contribution >= 4 is 5.96 Å². The summed E-state index contributed by atoms with van der Waals surface area (Å²) < 4.78 is 2.01. The van der Waals surface area contributed by atoms with Gasteiger partial charge in [-0.25, -0.2) is 9.67 Å². The normalized spacial score (nSPS) is 17.9. The van der Waals surface area contributed by atoms with Crippen molar-refractivity contribution in [1.29, 1.82) is 0 Å². The minimum atomic E-state index is 0.609. The van der Waals surface area contributed by atoms with E-state index in [1.165, 1.54) is 24.9 Å². The summed E-state index contributed by atoms with van der Waals surface area (Å²) in [4.78, 5) is 7.40. The van der Waals surface area contributed by atoms with Gasteiger partial charge >= 0.3 is 0 Å². The number of aliphatic imine (C=N–C) groups is 1. The van der Waals surface area contributed by atoms with Crippen LogP contribution in [0, 0.1) is 13.8 Å². The van der Waals surface area contributed by atoms with Crippen LogP contribution in [0.15, 0.2) is 35.3 Å². The molecule has 0 amide bonds. The Labute approximate surface area is 169 Å². The Morgan fingerprint density at radius 1 is 1.18 bits per heavy atom. The number of guanidine groups is 1. The average molecular weight is 383 g/mol. The minimum Gasteiger partial charge on any atom is -0.357 e. The number of hydrogen-bond donors (Lipinski definition) is 2. The van der Waals surface area contributed by atoms with E-state index in [0.29, 0.717) is 12.6 Å². The maximum atomic E-state index is 4.85. The molecule has 6 nitrogen and oxygen atoms in total. The first-order chi connectivity index (χ1) is 13.6. The zero-order chi connectivity index (χ0) is 19.9. The van der Waals surface area contributed by atoms with Crippen LogP contribution in [0.4, 0.5) is 0 Å². The second-order valence-corrected chi connectivity index (χ2v) is 7.40. The van der Waals surface area contributed by atoms with Gasteiger partial charge < -0.3 is 10.6 Å². The molecule has 28 heavy (non-hydrogen) atoms. The van der Waals surface area contributed by atoms with Crippen LogP contribution in [0.25, 0.3) is 5.69 Å². The van der Waals surface area contributed by atoms with Gasteiger partial charge in [0.25, 0.3) is 0 Å². The van der Waals surface area contributed by atoms with Gasteiger partial charge in [0.2, 0.25) is 0 Å². The Morgan fingerprint density at radius 3 is 2.68 bits per heavy atom. The van der Waals surface area contributed by atoms with Crippen molar-refractivity contribution in [3.05, 3.63) is 47.3 Å². The third kappa shape index (κ3) is 4.73. The standard InChI is InChI=1S/C22H34N6/c1-5-23-22(24-15-20-13-10-14-27(20)6-2)25-16-21-17(3)26-28(18(21)4)19-11-8-7-9-12-19/h7-9,11-12,20H,5-6,10,13-16H2,1-4H3,(H2,23,24,25). The second-order valence-electron chi connectivity index (χ2n) is 7.40. The number of likely N-dealkylation sites (tertiary alicyclic amines) is 1. The molecule has 6 heteroatoms. The van der Waals surface area contributed by atoms with E-state index in [2.05, 4.69) is 55.4 Å². The lowest BCUT2D eigenvalue weighted by atomic mass is 10.2. The maximum Gasteiger partial charge on any atom is 0.191 e. The molecule has 1 saturated heterocycles. The Bertz CT molecular complexity index is 780. The van der Waals surface area contributed by atoms with Crippen LogP contribution >= 0.6 is 0 Å². The molecule has 0 bridgehead atoms. The zero-order valence-corrected chi connectivity index (χ0v) is 17.7. The molecule has 0 radical (unpaired) electrons. The van der Waals surface area contributed by atoms with Crippen molar-refractivity contribution in [2.75, 3.05) is 26.2 Å². The predicted octanol–water partition coefficient (Wildman–Crippen LogP) is 3.03. The highest BCUT2D eigenvalue weighted by Crippen LogP contribution is 2.19. The van der Waals surface area contributed by atoms with Gasteiger partial charge in [0.1, 0.15) is 0 Å². The molecule has 1 fully saturated rings. The van der Waals surface area contributed by atoms with Gasteiger partial charge in [-0.2, -0.15) is 5.10 Å². The lowest BCUT2D eigenvalue weighted by molar-refractivity contribution is 0.267. The number of nitrogens with one attached hydrogen (secondary N) is 2. The predicted molar refractivity (Wildman–Crippen MR) is 116 cm³/mol. The van der Waals surface area contributed by atoms with Crippen molar-refractivity contribution in [1.82, 2.24) is 25.3 Å². The molecular weight excluding hydrogens is 348 g/mol. The summed E-state index contributed by atoms with van der Waals surface area (Å²) in [6.45, 7) is 13.3. The highest BCUT2D eigenvalue weighted by Gasteiger charge is 2.22. The van der Waals surface area contributed by atoms with Crippen molar-refractivity contribution in [3.8, 4) is 5.69 Å². The molecule has 0 spiro atoms. The quantitative estimate of drug-likeness (QED) is 0.571. The van der Waals surface area contributed by atoms with Gasteiger partial charge in [-0.3, -0.25) is 4.90 Å². The summed E-state index contributed by atoms with van der Waals surface area (Å²) in [6, 6.07) is 10.9. The first-order valence-electron chi connectivity index (χ1n) is 10.5. The molecule has 0 aliphatic carbocycles. The van der Waals surface area contributed by atoms with Gasteiger partial charge in [0.15, 0.2) is 5.96 Å². The Balaban J connectivity index is 1.70. The van der Waals surface area contributed by atoms with Crippen molar-refractivity contribution in [2.24, 2.45) is 4.99 Å². The molecule has 1 aromatic carbocycles. The van der Waals surface area contributed by atoms with E-state index >= 15 is 0 Å². The van der Waals surface area contributed by atoms with Crippen molar-refractivity contribution in [3.63, 3.8) is 0 Å². The Morgan fingerprint density at radius 2 is 1.96 bits per heavy atom. The van der Waals surface area contributed by atoms with E-state index in [4.69, 9.17) is 10.1 Å². The maximum absolute atomic E-state index is 4.85. The molecule has 1 aliphatic heterocycles. The first kappa shape index (κ1) is 20.4. The number of rotatable bonds is 7. The van der Waals surface area contributed by atoms with Crippen LogP contribution in [-0.4, -0.2) is 52.9 Å². The molecule has 1 unspecified atom stereocenters. The first-order valence-corrected chi connectivity index (χ1v) is 10.5. The highest BCUT2D eigenvalue weighted by atomic mass is 15.3. The zero-order valence-electron chi connectivity index (χ0n) is 17.7. The van der Waals surface area contributed by atoms with E-state index in [-0.39, 0.29) is 0 Å². The molecule has 1 atom stereocenters. The molecule has 2 N–H and O–H groups in total. The van der Waals surface area contributed by atoms with Gasteiger partial charge in [-0.05, 0) is 58.8 Å².